The standard InChI is InChI=1S/C20H19NO6/c1-11-5-6-15-13(7-11)14(22)10-18(27-15)20(23)21-12-8-16(24-2)19(26-4)17(9-12)25-3/h5-10H,1-4H3,(H,21,23). The Bertz CT molecular complexity index is 1040. The molecule has 0 unspecified atom stereocenters. The molecule has 3 aromatic rings. The zero-order valence-corrected chi connectivity index (χ0v) is 15.4. The van der Waals surface area contributed by atoms with Gasteiger partial charge >= 0.3 is 0 Å². The van der Waals surface area contributed by atoms with Gasteiger partial charge in [0.15, 0.2) is 22.7 Å². The molecule has 0 saturated carbocycles. The van der Waals surface area contributed by atoms with Crippen molar-refractivity contribution in [3.63, 3.8) is 0 Å². The molecule has 7 heteroatoms. The highest BCUT2D eigenvalue weighted by atomic mass is 16.5. The van der Waals surface area contributed by atoms with Crippen LogP contribution in [0.15, 0.2) is 45.6 Å². The lowest BCUT2D eigenvalue weighted by Gasteiger charge is -2.14. The molecule has 0 aliphatic rings. The molecule has 0 radical (unpaired) electrons. The van der Waals surface area contributed by atoms with Gasteiger partial charge in [-0.2, -0.15) is 0 Å². The van der Waals surface area contributed by atoms with Crippen LogP contribution in [0, 0.1) is 6.92 Å². The van der Waals surface area contributed by atoms with E-state index in [9.17, 15) is 9.59 Å². The van der Waals surface area contributed by atoms with Crippen LogP contribution in [0.2, 0.25) is 0 Å². The van der Waals surface area contributed by atoms with E-state index in [4.69, 9.17) is 18.6 Å². The van der Waals surface area contributed by atoms with Gasteiger partial charge in [-0.15, -0.1) is 0 Å². The SMILES string of the molecule is COc1cc(NC(=O)c2cc(=O)c3cc(C)ccc3o2)cc(OC)c1OC. The molecule has 1 heterocycles. The fraction of sp³-hybridized carbons (Fsp3) is 0.200. The van der Waals surface area contributed by atoms with Crippen LogP contribution in [0.1, 0.15) is 16.1 Å². The van der Waals surface area contributed by atoms with E-state index in [2.05, 4.69) is 5.32 Å². The Kier molecular flexibility index (Phi) is 5.03. The molecule has 2 aromatic carbocycles. The average molecular weight is 369 g/mol. The van der Waals surface area contributed by atoms with Gasteiger partial charge in [-0.05, 0) is 19.1 Å². The second-order valence-corrected chi connectivity index (χ2v) is 5.84. The van der Waals surface area contributed by atoms with E-state index in [0.29, 0.717) is 33.9 Å². The van der Waals surface area contributed by atoms with E-state index in [0.717, 1.165) is 5.56 Å². The number of amides is 1. The number of hydrogen-bond acceptors (Lipinski definition) is 6. The van der Waals surface area contributed by atoms with Crippen LogP contribution in [-0.4, -0.2) is 27.2 Å². The van der Waals surface area contributed by atoms with E-state index in [1.807, 2.05) is 13.0 Å². The first-order valence-electron chi connectivity index (χ1n) is 8.12. The van der Waals surface area contributed by atoms with Crippen molar-refractivity contribution in [1.82, 2.24) is 0 Å². The van der Waals surface area contributed by atoms with Gasteiger partial charge in [0.1, 0.15) is 5.58 Å². The average Bonchev–Trinajstić information content (AvgIpc) is 2.67. The Balaban J connectivity index is 1.97. The number of carbonyl (C=O) groups excluding carboxylic acids is 1. The molecule has 3 rings (SSSR count). The van der Waals surface area contributed by atoms with Crippen LogP contribution < -0.4 is 25.0 Å². The summed E-state index contributed by atoms with van der Waals surface area (Å²) in [5.74, 6) is 0.532. The maximum atomic E-state index is 12.6. The summed E-state index contributed by atoms with van der Waals surface area (Å²) in [5.41, 5.74) is 1.41. The molecular weight excluding hydrogens is 350 g/mol. The summed E-state index contributed by atoms with van der Waals surface area (Å²) in [4.78, 5) is 24.9. The number of ether oxygens (including phenoxy) is 3. The molecule has 1 amide bonds. The Morgan fingerprint density at radius 1 is 0.963 bits per heavy atom. The first-order chi connectivity index (χ1) is 13.0. The molecule has 1 N–H and O–H groups in total. The molecule has 0 saturated heterocycles. The number of nitrogens with one attached hydrogen (secondary N) is 1. The zero-order valence-electron chi connectivity index (χ0n) is 15.4. The monoisotopic (exact) mass is 369 g/mol. The van der Waals surface area contributed by atoms with Crippen molar-refractivity contribution in [2.24, 2.45) is 0 Å². The third-order valence-corrected chi connectivity index (χ3v) is 4.03. The van der Waals surface area contributed by atoms with Crippen molar-refractivity contribution < 1.29 is 23.4 Å². The molecule has 140 valence electrons. The van der Waals surface area contributed by atoms with Crippen LogP contribution in [0.3, 0.4) is 0 Å². The first-order valence-corrected chi connectivity index (χ1v) is 8.12. The number of rotatable bonds is 5. The molecule has 0 fully saturated rings. The summed E-state index contributed by atoms with van der Waals surface area (Å²) in [6, 6.07) is 9.55. The summed E-state index contributed by atoms with van der Waals surface area (Å²) in [5, 5.41) is 3.11. The highest BCUT2D eigenvalue weighted by Gasteiger charge is 2.17. The summed E-state index contributed by atoms with van der Waals surface area (Å²) < 4.78 is 21.4. The van der Waals surface area contributed by atoms with Crippen molar-refractivity contribution >= 4 is 22.6 Å². The Hall–Kier alpha value is -3.48. The van der Waals surface area contributed by atoms with Gasteiger partial charge in [-0.1, -0.05) is 11.6 Å². The molecule has 7 nitrogen and oxygen atoms in total. The Morgan fingerprint density at radius 2 is 1.63 bits per heavy atom. The van der Waals surface area contributed by atoms with E-state index in [1.54, 1.807) is 24.3 Å². The van der Waals surface area contributed by atoms with Gasteiger partial charge in [-0.3, -0.25) is 9.59 Å². The van der Waals surface area contributed by atoms with Gasteiger partial charge in [0.2, 0.25) is 5.75 Å². The fourth-order valence-electron chi connectivity index (χ4n) is 2.73. The highest BCUT2D eigenvalue weighted by molar-refractivity contribution is 6.03. The minimum Gasteiger partial charge on any atom is -0.493 e. The normalized spacial score (nSPS) is 10.5. The van der Waals surface area contributed by atoms with Crippen LogP contribution in [0.25, 0.3) is 11.0 Å². The summed E-state index contributed by atoms with van der Waals surface area (Å²) in [7, 11) is 4.45. The Labute approximate surface area is 155 Å². The smallest absolute Gasteiger partial charge is 0.291 e. The van der Waals surface area contributed by atoms with E-state index in [1.165, 1.54) is 27.4 Å². The number of carbonyl (C=O) groups is 1. The van der Waals surface area contributed by atoms with E-state index < -0.39 is 5.91 Å². The minimum atomic E-state index is -0.566. The van der Waals surface area contributed by atoms with Gasteiger partial charge in [0.25, 0.3) is 5.91 Å². The zero-order chi connectivity index (χ0) is 19.6. The summed E-state index contributed by atoms with van der Waals surface area (Å²) in [6.45, 7) is 1.88. The Morgan fingerprint density at radius 3 is 2.22 bits per heavy atom. The maximum absolute atomic E-state index is 12.6. The second kappa shape index (κ2) is 7.41. The quantitative estimate of drug-likeness (QED) is 0.742. The molecule has 27 heavy (non-hydrogen) atoms. The van der Waals surface area contributed by atoms with Crippen molar-refractivity contribution in [1.29, 1.82) is 0 Å². The van der Waals surface area contributed by atoms with E-state index >= 15 is 0 Å². The van der Waals surface area contributed by atoms with Crippen LogP contribution in [0.5, 0.6) is 17.2 Å². The summed E-state index contributed by atoms with van der Waals surface area (Å²) in [6.07, 6.45) is 0. The van der Waals surface area contributed by atoms with Crippen LogP contribution in [0.4, 0.5) is 5.69 Å². The molecule has 0 bridgehead atoms. The minimum absolute atomic E-state index is 0.0925. The van der Waals surface area contributed by atoms with Crippen LogP contribution in [-0.2, 0) is 0 Å². The van der Waals surface area contributed by atoms with E-state index in [-0.39, 0.29) is 11.2 Å². The maximum Gasteiger partial charge on any atom is 0.291 e. The number of fused-ring (bicyclic) bond motifs is 1. The highest BCUT2D eigenvalue weighted by Crippen LogP contribution is 2.40. The lowest BCUT2D eigenvalue weighted by atomic mass is 10.1. The third kappa shape index (κ3) is 3.57. The van der Waals surface area contributed by atoms with Crippen molar-refractivity contribution in [2.45, 2.75) is 6.92 Å². The topological polar surface area (TPSA) is 87.0 Å². The predicted octanol–water partition coefficient (Wildman–Crippen LogP) is 3.38. The van der Waals surface area contributed by atoms with Gasteiger partial charge in [-0.25, -0.2) is 0 Å². The number of aryl methyl sites for hydroxylation is 1. The van der Waals surface area contributed by atoms with Crippen LogP contribution >= 0.6 is 0 Å². The molecule has 0 aliphatic carbocycles. The lowest BCUT2D eigenvalue weighted by Crippen LogP contribution is -2.15. The van der Waals surface area contributed by atoms with Crippen molar-refractivity contribution in [3.8, 4) is 17.2 Å². The van der Waals surface area contributed by atoms with Gasteiger partial charge in [0, 0.05) is 23.9 Å². The number of benzene rings is 2. The molecule has 0 atom stereocenters. The van der Waals surface area contributed by atoms with Gasteiger partial charge < -0.3 is 23.9 Å². The molecule has 0 spiro atoms. The molecule has 1 aromatic heterocycles. The molecular formula is C20H19NO6. The summed E-state index contributed by atoms with van der Waals surface area (Å²) >= 11 is 0. The number of hydrogen-bond donors (Lipinski definition) is 1. The lowest BCUT2D eigenvalue weighted by molar-refractivity contribution is 0.0997. The largest absolute Gasteiger partial charge is 0.493 e. The fourth-order valence-corrected chi connectivity index (χ4v) is 2.73. The third-order valence-electron chi connectivity index (χ3n) is 4.03. The van der Waals surface area contributed by atoms with Crippen molar-refractivity contribution in [3.05, 3.63) is 57.9 Å². The molecule has 0 aliphatic heterocycles. The predicted molar refractivity (Wildman–Crippen MR) is 101 cm³/mol. The second-order valence-electron chi connectivity index (χ2n) is 5.84. The number of methoxy groups -OCH3 is 3. The first kappa shape index (κ1) is 18.3. The van der Waals surface area contributed by atoms with Gasteiger partial charge in [0.05, 0.1) is 26.7 Å². The van der Waals surface area contributed by atoms with Crippen molar-refractivity contribution in [2.75, 3.05) is 26.6 Å². The number of anilines is 1.